The van der Waals surface area contributed by atoms with Crippen LogP contribution in [0.25, 0.3) is 0 Å². The number of ether oxygens (including phenoxy) is 2. The molecule has 70 heavy (non-hydrogen) atoms. The van der Waals surface area contributed by atoms with Crippen LogP contribution in [-0.2, 0) is 67.0 Å². The number of primary amides is 2. The van der Waals surface area contributed by atoms with Crippen LogP contribution in [0.15, 0.2) is 0 Å². The minimum Gasteiger partial charge on any atom is -0.465 e. The van der Waals surface area contributed by atoms with Crippen molar-refractivity contribution in [3.63, 3.8) is 0 Å². The molecule has 13 N–H and O–H groups in total. The SMILES string of the molecule is CCOC(=O)CNC(=O)[C@@H](NC(=O)CNC(=O)[C@H](C)NC(=O)[C@H](CC(N)=O)NC(=O)[C@@H]1CCCN1C(=O)[C@H](CC(N)=O)NC(=O)CNC(=O)[C@@H](NC(=O)CNC(=O)OC(C)(C)C)[C@@H](C)CC)[C@@H](C)CC. The fourth-order valence-corrected chi connectivity index (χ4v) is 6.61. The minimum absolute atomic E-state index is 0.0393. The summed E-state index contributed by atoms with van der Waals surface area (Å²) in [5.74, 6) is -11.2. The first-order valence-corrected chi connectivity index (χ1v) is 23.0. The maximum absolute atomic E-state index is 13.8. The smallest absolute Gasteiger partial charge is 0.408 e. The number of rotatable bonds is 28. The second-order valence-electron chi connectivity index (χ2n) is 17.6. The monoisotopic (exact) mass is 997 g/mol. The minimum atomic E-state index is -1.67. The van der Waals surface area contributed by atoms with E-state index < -0.39 is 164 Å². The van der Waals surface area contributed by atoms with Crippen molar-refractivity contribution in [2.75, 3.05) is 39.3 Å². The Balaban J connectivity index is 2.99. The molecule has 1 rings (SSSR count). The van der Waals surface area contributed by atoms with E-state index in [1.54, 1.807) is 55.4 Å². The van der Waals surface area contributed by atoms with Gasteiger partial charge in [-0.2, -0.15) is 0 Å². The summed E-state index contributed by atoms with van der Waals surface area (Å²) in [5, 5.41) is 21.4. The van der Waals surface area contributed by atoms with Crippen molar-refractivity contribution in [2.45, 2.75) is 143 Å². The van der Waals surface area contributed by atoms with Gasteiger partial charge in [0.1, 0.15) is 54.9 Å². The highest BCUT2D eigenvalue weighted by molar-refractivity contribution is 5.99. The third-order valence-corrected chi connectivity index (χ3v) is 10.6. The van der Waals surface area contributed by atoms with Gasteiger partial charge in [0.2, 0.25) is 65.0 Å². The van der Waals surface area contributed by atoms with E-state index in [1.807, 2.05) is 0 Å². The predicted octanol–water partition coefficient (Wildman–Crippen LogP) is -4.30. The number of amides is 12. The first kappa shape index (κ1) is 60.9. The number of nitrogens with two attached hydrogens (primary N) is 2. The van der Waals surface area contributed by atoms with E-state index in [-0.39, 0.29) is 31.9 Å². The second kappa shape index (κ2) is 29.7. The van der Waals surface area contributed by atoms with Gasteiger partial charge in [-0.15, -0.1) is 0 Å². The number of carbonyl (C=O) groups excluding carboxylic acids is 13. The fourth-order valence-electron chi connectivity index (χ4n) is 6.61. The van der Waals surface area contributed by atoms with Gasteiger partial charge in [0, 0.05) is 6.54 Å². The van der Waals surface area contributed by atoms with Crippen LogP contribution < -0.4 is 59.3 Å². The molecule has 0 spiro atoms. The molecule has 0 aromatic rings. The zero-order valence-electron chi connectivity index (χ0n) is 41.3. The Morgan fingerprint density at radius 1 is 0.600 bits per heavy atom. The van der Waals surface area contributed by atoms with Gasteiger partial charge in [0.25, 0.3) is 0 Å². The van der Waals surface area contributed by atoms with Crippen LogP contribution in [0.2, 0.25) is 0 Å². The molecule has 0 bridgehead atoms. The molecule has 0 aliphatic carbocycles. The summed E-state index contributed by atoms with van der Waals surface area (Å²) in [6.07, 6.45) is -1.15. The van der Waals surface area contributed by atoms with Gasteiger partial charge in [0.05, 0.1) is 32.5 Å². The van der Waals surface area contributed by atoms with Crippen molar-refractivity contribution >= 4 is 77.0 Å². The quantitative estimate of drug-likeness (QED) is 0.0331. The third kappa shape index (κ3) is 22.3. The second-order valence-corrected chi connectivity index (χ2v) is 17.6. The summed E-state index contributed by atoms with van der Waals surface area (Å²) in [6, 6.07) is -8.16. The van der Waals surface area contributed by atoms with E-state index in [2.05, 4.69) is 47.9 Å². The van der Waals surface area contributed by atoms with Crippen LogP contribution in [0.3, 0.4) is 0 Å². The average molecular weight is 997 g/mol. The van der Waals surface area contributed by atoms with Crippen molar-refractivity contribution in [3.05, 3.63) is 0 Å². The molecule has 27 heteroatoms. The third-order valence-electron chi connectivity index (χ3n) is 10.6. The Hall–Kier alpha value is -7.09. The van der Waals surface area contributed by atoms with Gasteiger partial charge >= 0.3 is 12.1 Å². The maximum Gasteiger partial charge on any atom is 0.408 e. The van der Waals surface area contributed by atoms with Crippen molar-refractivity contribution in [1.29, 1.82) is 0 Å². The lowest BCUT2D eigenvalue weighted by molar-refractivity contribution is -0.144. The number of hydrogen-bond donors (Lipinski definition) is 11. The highest BCUT2D eigenvalue weighted by Crippen LogP contribution is 2.20. The van der Waals surface area contributed by atoms with E-state index in [0.29, 0.717) is 12.8 Å². The summed E-state index contributed by atoms with van der Waals surface area (Å²) >= 11 is 0. The molecule has 1 saturated heterocycles. The number of esters is 1. The normalized spacial score (nSPS) is 16.1. The Kier molecular flexibility index (Phi) is 25.9. The molecule has 0 radical (unpaired) electrons. The number of carbonyl (C=O) groups is 13. The fraction of sp³-hybridized carbons (Fsp3) is 0.698. The van der Waals surface area contributed by atoms with Gasteiger partial charge in [-0.25, -0.2) is 4.79 Å². The lowest BCUT2D eigenvalue weighted by Gasteiger charge is -2.29. The molecule has 0 aromatic heterocycles. The summed E-state index contributed by atoms with van der Waals surface area (Å²) in [6.45, 7) is 12.4. The number of hydrogen-bond acceptors (Lipinski definition) is 15. The Bertz CT molecular complexity index is 1930. The van der Waals surface area contributed by atoms with E-state index in [4.69, 9.17) is 20.9 Å². The molecule has 1 aliphatic heterocycles. The molecular weight excluding hydrogens is 925 g/mol. The molecule has 394 valence electrons. The van der Waals surface area contributed by atoms with Gasteiger partial charge in [-0.3, -0.25) is 57.5 Å². The predicted molar refractivity (Wildman–Crippen MR) is 246 cm³/mol. The number of likely N-dealkylation sites (tertiary alicyclic amines) is 1. The molecule has 0 saturated carbocycles. The lowest BCUT2D eigenvalue weighted by Crippen LogP contribution is -2.59. The highest BCUT2D eigenvalue weighted by atomic mass is 16.6. The van der Waals surface area contributed by atoms with E-state index >= 15 is 0 Å². The zero-order valence-corrected chi connectivity index (χ0v) is 41.3. The molecule has 8 atom stereocenters. The summed E-state index contributed by atoms with van der Waals surface area (Å²) < 4.78 is 9.89. The van der Waals surface area contributed by atoms with E-state index in [0.717, 1.165) is 4.90 Å². The molecule has 1 heterocycles. The van der Waals surface area contributed by atoms with Gasteiger partial charge in [-0.1, -0.05) is 40.5 Å². The van der Waals surface area contributed by atoms with Crippen LogP contribution >= 0.6 is 0 Å². The van der Waals surface area contributed by atoms with Crippen LogP contribution in [0, 0.1) is 11.8 Å². The number of nitrogens with zero attached hydrogens (tertiary/aromatic N) is 1. The zero-order chi connectivity index (χ0) is 53.5. The van der Waals surface area contributed by atoms with E-state index in [1.165, 1.54) is 6.92 Å². The standard InChI is InChI=1S/C43H72N12O15/c1-10-22(4)34(54-32(60)20-49-42(68)70-43(7,8)9)39(65)47-18-30(58)51-26(17-29(45)57)41(67)55-15-13-14-27(55)38(64)52-25(16-28(44)56)37(63)50-24(6)36(62)46-19-31(59)53-35(23(5)11-2)40(66)48-21-33(61)69-12-3/h22-27,34-35H,10-21H2,1-9H3,(H2,44,56)(H2,45,57)(H,46,62)(H,47,65)(H,48,66)(H,49,68)(H,50,63)(H,51,58)(H,52,64)(H,53,59)(H,54,60)/t22-,23-,24-,25-,26-,27-,34-,35-/m0/s1. The molecule has 1 fully saturated rings. The molecule has 0 unspecified atom stereocenters. The first-order chi connectivity index (χ1) is 32.6. The molecule has 12 amide bonds. The highest BCUT2D eigenvalue weighted by Gasteiger charge is 2.40. The molecular formula is C43H72N12O15. The van der Waals surface area contributed by atoms with Crippen LogP contribution in [0.5, 0.6) is 0 Å². The number of alkyl carbamates (subject to hydrolysis) is 1. The van der Waals surface area contributed by atoms with Gasteiger partial charge < -0.3 is 73.7 Å². The van der Waals surface area contributed by atoms with Crippen LogP contribution in [0.1, 0.15) is 101 Å². The van der Waals surface area contributed by atoms with Gasteiger partial charge in [0.15, 0.2) is 0 Å². The van der Waals surface area contributed by atoms with Crippen LogP contribution in [-0.4, -0.2) is 163 Å². The van der Waals surface area contributed by atoms with Crippen molar-refractivity contribution in [1.82, 2.24) is 52.8 Å². The average Bonchev–Trinajstić information content (AvgIpc) is 3.78. The van der Waals surface area contributed by atoms with Crippen molar-refractivity contribution in [3.8, 4) is 0 Å². The molecule has 1 aliphatic rings. The van der Waals surface area contributed by atoms with Crippen molar-refractivity contribution in [2.24, 2.45) is 23.3 Å². The van der Waals surface area contributed by atoms with E-state index in [9.17, 15) is 62.3 Å². The summed E-state index contributed by atoms with van der Waals surface area (Å²) in [4.78, 5) is 167. The van der Waals surface area contributed by atoms with Crippen LogP contribution in [0.4, 0.5) is 4.79 Å². The lowest BCUT2D eigenvalue weighted by atomic mass is 9.98. The van der Waals surface area contributed by atoms with Gasteiger partial charge in [-0.05, 0) is 59.3 Å². The Morgan fingerprint density at radius 3 is 1.56 bits per heavy atom. The first-order valence-electron chi connectivity index (χ1n) is 23.0. The number of nitrogens with one attached hydrogen (secondary N) is 9. The topological polar surface area (TPSA) is 404 Å². The largest absolute Gasteiger partial charge is 0.465 e. The van der Waals surface area contributed by atoms with Crippen molar-refractivity contribution < 1.29 is 71.8 Å². The maximum atomic E-state index is 13.8. The Labute approximate surface area is 406 Å². The molecule has 0 aromatic carbocycles. The molecule has 27 nitrogen and oxygen atoms in total. The summed E-state index contributed by atoms with van der Waals surface area (Å²) in [5.41, 5.74) is 9.94. The Morgan fingerprint density at radius 2 is 1.07 bits per heavy atom. The summed E-state index contributed by atoms with van der Waals surface area (Å²) in [7, 11) is 0.